The van der Waals surface area contributed by atoms with Crippen LogP contribution < -0.4 is 5.12 Å². The molecule has 0 radical (unpaired) electrons. The van der Waals surface area contributed by atoms with Crippen molar-refractivity contribution in [2.24, 2.45) is 5.10 Å². The fourth-order valence-corrected chi connectivity index (χ4v) is 2.94. The van der Waals surface area contributed by atoms with Gasteiger partial charge in [0.25, 0.3) is 0 Å². The number of rotatable bonds is 8. The number of nitrogens with zero attached hydrogens (tertiary/aromatic N) is 8. The van der Waals surface area contributed by atoms with Gasteiger partial charge in [-0.1, -0.05) is 13.3 Å². The molecular formula is C14H22N8O. The zero-order chi connectivity index (χ0) is 16.1. The van der Waals surface area contributed by atoms with Crippen molar-refractivity contribution < 1.29 is 4.74 Å². The topological polar surface area (TPSA) is 86.2 Å². The first-order chi connectivity index (χ1) is 11.2. The third kappa shape index (κ3) is 3.33. The lowest BCUT2D eigenvalue weighted by molar-refractivity contribution is 0.0283. The standard InChI is InChI=1S/C14H22N8O/c1-3-6-14(7-4-5-9-20-12-15-11-17-20)22(18-13(2)23-14)21-10-8-16-19-21/h8,10-12H,3-7,9H2,1-2H3. The van der Waals surface area contributed by atoms with Crippen molar-refractivity contribution in [2.45, 2.75) is 58.2 Å². The van der Waals surface area contributed by atoms with Crippen LogP contribution in [0.1, 0.15) is 46.0 Å². The molecule has 0 aromatic carbocycles. The summed E-state index contributed by atoms with van der Waals surface area (Å²) in [5.41, 5.74) is -0.491. The van der Waals surface area contributed by atoms with Crippen LogP contribution in [0.5, 0.6) is 0 Å². The van der Waals surface area contributed by atoms with Gasteiger partial charge < -0.3 is 4.74 Å². The summed E-state index contributed by atoms with van der Waals surface area (Å²) in [7, 11) is 0. The van der Waals surface area contributed by atoms with Crippen LogP contribution >= 0.6 is 0 Å². The minimum Gasteiger partial charge on any atom is -0.450 e. The molecule has 3 rings (SSSR count). The zero-order valence-corrected chi connectivity index (χ0v) is 13.5. The van der Waals surface area contributed by atoms with Crippen molar-refractivity contribution in [1.29, 1.82) is 0 Å². The molecule has 2 aromatic rings. The smallest absolute Gasteiger partial charge is 0.221 e. The average molecular weight is 318 g/mol. The number of unbranched alkanes of at least 4 members (excludes halogenated alkanes) is 1. The van der Waals surface area contributed by atoms with E-state index in [1.165, 1.54) is 0 Å². The summed E-state index contributed by atoms with van der Waals surface area (Å²) >= 11 is 0. The third-order valence-corrected chi connectivity index (χ3v) is 3.85. The van der Waals surface area contributed by atoms with Gasteiger partial charge in [-0.05, 0) is 18.1 Å². The Labute approximate surface area is 134 Å². The van der Waals surface area contributed by atoms with E-state index in [9.17, 15) is 0 Å². The van der Waals surface area contributed by atoms with Crippen LogP contribution in [0.3, 0.4) is 0 Å². The normalized spacial score (nSPS) is 20.6. The van der Waals surface area contributed by atoms with Crippen LogP contribution in [0, 0.1) is 0 Å². The van der Waals surface area contributed by atoms with E-state index < -0.39 is 5.72 Å². The van der Waals surface area contributed by atoms with Crippen molar-refractivity contribution in [1.82, 2.24) is 29.9 Å². The Morgan fingerprint density at radius 3 is 2.87 bits per heavy atom. The SMILES string of the molecule is CCCC1(CCCCn2cncn2)OC(C)=NN1n1ccnn1. The lowest BCUT2D eigenvalue weighted by Crippen LogP contribution is -2.50. The van der Waals surface area contributed by atoms with Crippen molar-refractivity contribution in [3.63, 3.8) is 0 Å². The molecule has 0 saturated carbocycles. The minimum atomic E-state index is -0.491. The van der Waals surface area contributed by atoms with Gasteiger partial charge >= 0.3 is 0 Å². The summed E-state index contributed by atoms with van der Waals surface area (Å²) in [6.07, 6.45) is 11.4. The predicted octanol–water partition coefficient (Wildman–Crippen LogP) is 1.54. The molecule has 0 N–H and O–H groups in total. The van der Waals surface area contributed by atoms with Crippen LogP contribution in [0.2, 0.25) is 0 Å². The molecular weight excluding hydrogens is 296 g/mol. The fraction of sp³-hybridized carbons (Fsp3) is 0.643. The van der Waals surface area contributed by atoms with Gasteiger partial charge in [-0.3, -0.25) is 4.68 Å². The van der Waals surface area contributed by atoms with Crippen LogP contribution in [0.4, 0.5) is 0 Å². The maximum Gasteiger partial charge on any atom is 0.221 e. The van der Waals surface area contributed by atoms with E-state index in [4.69, 9.17) is 4.74 Å². The molecule has 0 aliphatic carbocycles. The minimum absolute atomic E-state index is 0.491. The lowest BCUT2D eigenvalue weighted by Gasteiger charge is -2.35. The first-order valence-electron chi connectivity index (χ1n) is 7.97. The number of hydrazone groups is 1. The monoisotopic (exact) mass is 318 g/mol. The molecule has 23 heavy (non-hydrogen) atoms. The Bertz CT molecular complexity index is 623. The molecule has 1 aliphatic heterocycles. The van der Waals surface area contributed by atoms with E-state index in [-0.39, 0.29) is 0 Å². The van der Waals surface area contributed by atoms with Gasteiger partial charge in [0.05, 0.1) is 12.4 Å². The largest absolute Gasteiger partial charge is 0.450 e. The van der Waals surface area contributed by atoms with Gasteiger partial charge in [0.1, 0.15) is 12.7 Å². The van der Waals surface area contributed by atoms with E-state index in [2.05, 4.69) is 32.4 Å². The maximum atomic E-state index is 6.12. The van der Waals surface area contributed by atoms with Crippen LogP contribution in [0.15, 0.2) is 30.1 Å². The highest BCUT2D eigenvalue weighted by atomic mass is 16.6. The quantitative estimate of drug-likeness (QED) is 0.686. The number of aromatic nitrogens is 6. The van der Waals surface area contributed by atoms with Gasteiger partial charge in [-0.2, -0.15) is 5.10 Å². The Morgan fingerprint density at radius 2 is 2.17 bits per heavy atom. The summed E-state index contributed by atoms with van der Waals surface area (Å²) in [6.45, 7) is 4.87. The van der Waals surface area contributed by atoms with Crippen LogP contribution in [-0.2, 0) is 11.3 Å². The second-order valence-electron chi connectivity index (χ2n) is 5.65. The molecule has 0 spiro atoms. The van der Waals surface area contributed by atoms with Crippen LogP contribution in [-0.4, -0.2) is 41.5 Å². The van der Waals surface area contributed by atoms with E-state index >= 15 is 0 Å². The third-order valence-electron chi connectivity index (χ3n) is 3.85. The van der Waals surface area contributed by atoms with Crippen molar-refractivity contribution >= 4 is 5.90 Å². The number of hydrogen-bond acceptors (Lipinski definition) is 7. The zero-order valence-electron chi connectivity index (χ0n) is 13.5. The summed E-state index contributed by atoms with van der Waals surface area (Å²) in [5, 5.41) is 18.4. The second kappa shape index (κ2) is 6.76. The number of aryl methyl sites for hydroxylation is 1. The van der Waals surface area contributed by atoms with E-state index in [0.717, 1.165) is 38.6 Å². The average Bonchev–Trinajstić information content (AvgIpc) is 3.26. The van der Waals surface area contributed by atoms with E-state index in [0.29, 0.717) is 5.90 Å². The van der Waals surface area contributed by atoms with E-state index in [1.54, 1.807) is 29.8 Å². The highest BCUT2D eigenvalue weighted by Crippen LogP contribution is 2.33. The van der Waals surface area contributed by atoms with Crippen molar-refractivity contribution in [3.05, 3.63) is 25.0 Å². The summed E-state index contributed by atoms with van der Waals surface area (Å²) in [6, 6.07) is 0. The van der Waals surface area contributed by atoms with Gasteiger partial charge in [-0.15, -0.1) is 20.1 Å². The van der Waals surface area contributed by atoms with Crippen molar-refractivity contribution in [2.75, 3.05) is 5.12 Å². The fourth-order valence-electron chi connectivity index (χ4n) is 2.94. The molecule has 124 valence electrons. The molecule has 1 aliphatic rings. The molecule has 0 bridgehead atoms. The van der Waals surface area contributed by atoms with Crippen molar-refractivity contribution in [3.8, 4) is 0 Å². The molecule has 9 nitrogen and oxygen atoms in total. The molecule has 3 heterocycles. The molecule has 1 unspecified atom stereocenters. The summed E-state index contributed by atoms with van der Waals surface area (Å²) in [4.78, 5) is 5.60. The number of ether oxygens (including phenoxy) is 1. The predicted molar refractivity (Wildman–Crippen MR) is 83.9 cm³/mol. The van der Waals surface area contributed by atoms with Gasteiger partial charge in [-0.25, -0.2) is 4.98 Å². The number of hydrogen-bond donors (Lipinski definition) is 0. The molecule has 0 fully saturated rings. The van der Waals surface area contributed by atoms with Gasteiger partial charge in [0, 0.05) is 26.3 Å². The molecule has 9 heteroatoms. The summed E-state index contributed by atoms with van der Waals surface area (Å²) in [5.74, 6) is 0.658. The lowest BCUT2D eigenvalue weighted by atomic mass is 10.0. The van der Waals surface area contributed by atoms with Gasteiger partial charge in [0.2, 0.25) is 11.6 Å². The first kappa shape index (κ1) is 15.4. The Balaban J connectivity index is 1.66. The molecule has 0 saturated heterocycles. The Hall–Kier alpha value is -2.45. The first-order valence-corrected chi connectivity index (χ1v) is 7.97. The maximum absolute atomic E-state index is 6.12. The Kier molecular flexibility index (Phi) is 4.54. The Morgan fingerprint density at radius 1 is 1.26 bits per heavy atom. The van der Waals surface area contributed by atoms with E-state index in [1.807, 2.05) is 16.7 Å². The summed E-state index contributed by atoms with van der Waals surface area (Å²) < 4.78 is 7.96. The van der Waals surface area contributed by atoms with Crippen LogP contribution in [0.25, 0.3) is 0 Å². The highest BCUT2D eigenvalue weighted by molar-refractivity contribution is 5.76. The molecule has 1 atom stereocenters. The molecule has 0 amide bonds. The highest BCUT2D eigenvalue weighted by Gasteiger charge is 2.44. The molecule has 2 aromatic heterocycles. The second-order valence-corrected chi connectivity index (χ2v) is 5.65. The van der Waals surface area contributed by atoms with Gasteiger partial charge in [0.15, 0.2) is 0 Å².